The van der Waals surface area contributed by atoms with Crippen molar-refractivity contribution in [3.63, 3.8) is 0 Å². The molecule has 2 N–H and O–H groups in total. The van der Waals surface area contributed by atoms with E-state index in [0.29, 0.717) is 5.92 Å². The molecule has 20 heavy (non-hydrogen) atoms. The third kappa shape index (κ3) is 3.62. The average molecular weight is 334 g/mol. The van der Waals surface area contributed by atoms with Gasteiger partial charge in [-0.25, -0.2) is 0 Å². The second-order valence-electron chi connectivity index (χ2n) is 5.30. The van der Waals surface area contributed by atoms with Crippen molar-refractivity contribution in [1.29, 1.82) is 0 Å². The SMILES string of the molecule is CC(C)c1cccc(Oc2cc(Br)ccc2C(C)N)c1. The van der Waals surface area contributed by atoms with Crippen LogP contribution in [-0.4, -0.2) is 0 Å². The van der Waals surface area contributed by atoms with Gasteiger partial charge in [0, 0.05) is 16.1 Å². The van der Waals surface area contributed by atoms with Gasteiger partial charge in [-0.05, 0) is 42.7 Å². The highest BCUT2D eigenvalue weighted by atomic mass is 79.9. The normalized spacial score (nSPS) is 12.5. The Kier molecular flexibility index (Phi) is 4.84. The largest absolute Gasteiger partial charge is 0.457 e. The number of rotatable bonds is 4. The Morgan fingerprint density at radius 3 is 2.45 bits per heavy atom. The Morgan fingerprint density at radius 2 is 1.80 bits per heavy atom. The van der Waals surface area contributed by atoms with E-state index in [1.54, 1.807) is 0 Å². The summed E-state index contributed by atoms with van der Waals surface area (Å²) in [6.07, 6.45) is 0. The Labute approximate surface area is 129 Å². The fourth-order valence-electron chi connectivity index (χ4n) is 2.04. The van der Waals surface area contributed by atoms with Crippen LogP contribution >= 0.6 is 15.9 Å². The Morgan fingerprint density at radius 1 is 1.05 bits per heavy atom. The maximum absolute atomic E-state index is 6.03. The molecule has 106 valence electrons. The van der Waals surface area contributed by atoms with Gasteiger partial charge in [0.05, 0.1) is 0 Å². The first kappa shape index (κ1) is 15.1. The third-order valence-electron chi connectivity index (χ3n) is 3.22. The lowest BCUT2D eigenvalue weighted by Gasteiger charge is -2.15. The molecule has 0 bridgehead atoms. The Bertz CT molecular complexity index is 593. The molecule has 0 saturated carbocycles. The van der Waals surface area contributed by atoms with Crippen molar-refractivity contribution in [3.8, 4) is 11.5 Å². The summed E-state index contributed by atoms with van der Waals surface area (Å²) in [5.74, 6) is 2.13. The predicted octanol–water partition coefficient (Wildman–Crippen LogP) is 5.38. The molecule has 3 heteroatoms. The van der Waals surface area contributed by atoms with Crippen LogP contribution in [0.3, 0.4) is 0 Å². The summed E-state index contributed by atoms with van der Waals surface area (Å²) in [7, 11) is 0. The number of ether oxygens (including phenoxy) is 1. The van der Waals surface area contributed by atoms with E-state index in [1.165, 1.54) is 5.56 Å². The molecule has 1 atom stereocenters. The van der Waals surface area contributed by atoms with Crippen LogP contribution in [0.25, 0.3) is 0 Å². The van der Waals surface area contributed by atoms with E-state index in [0.717, 1.165) is 21.5 Å². The number of halogens is 1. The summed E-state index contributed by atoms with van der Waals surface area (Å²) in [6, 6.07) is 14.1. The van der Waals surface area contributed by atoms with E-state index in [4.69, 9.17) is 10.5 Å². The summed E-state index contributed by atoms with van der Waals surface area (Å²) in [5.41, 5.74) is 8.27. The molecule has 2 nitrogen and oxygen atoms in total. The second-order valence-corrected chi connectivity index (χ2v) is 6.22. The predicted molar refractivity (Wildman–Crippen MR) is 87.3 cm³/mol. The van der Waals surface area contributed by atoms with E-state index >= 15 is 0 Å². The summed E-state index contributed by atoms with van der Waals surface area (Å²) in [6.45, 7) is 6.30. The molecule has 0 aromatic heterocycles. The van der Waals surface area contributed by atoms with E-state index in [2.05, 4.69) is 41.9 Å². The quantitative estimate of drug-likeness (QED) is 0.814. The molecular weight excluding hydrogens is 314 g/mol. The molecule has 0 amide bonds. The molecule has 0 saturated heterocycles. The van der Waals surface area contributed by atoms with Crippen LogP contribution in [0, 0.1) is 0 Å². The molecule has 0 aliphatic rings. The van der Waals surface area contributed by atoms with Gasteiger partial charge in [-0.3, -0.25) is 0 Å². The molecule has 0 heterocycles. The zero-order valence-corrected chi connectivity index (χ0v) is 13.6. The molecule has 2 rings (SSSR count). The van der Waals surface area contributed by atoms with E-state index in [9.17, 15) is 0 Å². The molecule has 0 fully saturated rings. The lowest BCUT2D eigenvalue weighted by Crippen LogP contribution is -2.06. The van der Waals surface area contributed by atoms with Crippen molar-refractivity contribution < 1.29 is 4.74 Å². The molecule has 0 radical (unpaired) electrons. The standard InChI is InChI=1S/C17H20BrNO/c1-11(2)13-5-4-6-15(9-13)20-17-10-14(18)7-8-16(17)12(3)19/h4-12H,19H2,1-3H3. The van der Waals surface area contributed by atoms with Gasteiger partial charge in [-0.2, -0.15) is 0 Å². The molecule has 0 aliphatic carbocycles. The van der Waals surface area contributed by atoms with Crippen molar-refractivity contribution >= 4 is 15.9 Å². The maximum Gasteiger partial charge on any atom is 0.133 e. The summed E-state index contributed by atoms with van der Waals surface area (Å²) >= 11 is 3.48. The zero-order valence-electron chi connectivity index (χ0n) is 12.1. The minimum Gasteiger partial charge on any atom is -0.457 e. The highest BCUT2D eigenvalue weighted by molar-refractivity contribution is 9.10. The molecule has 2 aromatic carbocycles. The number of hydrogen-bond acceptors (Lipinski definition) is 2. The van der Waals surface area contributed by atoms with Gasteiger partial charge < -0.3 is 10.5 Å². The van der Waals surface area contributed by atoms with Crippen molar-refractivity contribution in [2.75, 3.05) is 0 Å². The first-order chi connectivity index (χ1) is 9.47. The van der Waals surface area contributed by atoms with Gasteiger partial charge in [0.1, 0.15) is 11.5 Å². The highest BCUT2D eigenvalue weighted by Crippen LogP contribution is 2.32. The second kappa shape index (κ2) is 6.42. The first-order valence-corrected chi connectivity index (χ1v) is 7.59. The van der Waals surface area contributed by atoms with E-state index < -0.39 is 0 Å². The van der Waals surface area contributed by atoms with E-state index in [-0.39, 0.29) is 6.04 Å². The molecule has 0 spiro atoms. The summed E-state index contributed by atoms with van der Waals surface area (Å²) in [4.78, 5) is 0. The molecule has 2 aromatic rings. The minimum absolute atomic E-state index is 0.0635. The highest BCUT2D eigenvalue weighted by Gasteiger charge is 2.10. The van der Waals surface area contributed by atoms with Gasteiger partial charge in [0.15, 0.2) is 0 Å². The van der Waals surface area contributed by atoms with Crippen molar-refractivity contribution in [1.82, 2.24) is 0 Å². The topological polar surface area (TPSA) is 35.2 Å². The Balaban J connectivity index is 2.34. The first-order valence-electron chi connectivity index (χ1n) is 6.80. The fraction of sp³-hybridized carbons (Fsp3) is 0.294. The lowest BCUT2D eigenvalue weighted by molar-refractivity contribution is 0.470. The molecular formula is C17H20BrNO. The van der Waals surface area contributed by atoms with Gasteiger partial charge >= 0.3 is 0 Å². The van der Waals surface area contributed by atoms with Gasteiger partial charge in [-0.1, -0.05) is 48.0 Å². The average Bonchev–Trinajstić information content (AvgIpc) is 2.38. The zero-order chi connectivity index (χ0) is 14.7. The maximum atomic E-state index is 6.03. The number of benzene rings is 2. The monoisotopic (exact) mass is 333 g/mol. The van der Waals surface area contributed by atoms with Gasteiger partial charge in [0.2, 0.25) is 0 Å². The minimum atomic E-state index is -0.0635. The summed E-state index contributed by atoms with van der Waals surface area (Å²) in [5, 5.41) is 0. The fourth-order valence-corrected chi connectivity index (χ4v) is 2.38. The van der Waals surface area contributed by atoms with Crippen molar-refractivity contribution in [3.05, 3.63) is 58.1 Å². The van der Waals surface area contributed by atoms with Crippen LogP contribution in [0.2, 0.25) is 0 Å². The van der Waals surface area contributed by atoms with Crippen LogP contribution in [0.5, 0.6) is 11.5 Å². The third-order valence-corrected chi connectivity index (χ3v) is 3.71. The van der Waals surface area contributed by atoms with Crippen LogP contribution in [0.1, 0.15) is 43.9 Å². The van der Waals surface area contributed by atoms with Crippen LogP contribution < -0.4 is 10.5 Å². The van der Waals surface area contributed by atoms with Crippen LogP contribution in [-0.2, 0) is 0 Å². The molecule has 0 aliphatic heterocycles. The molecule has 1 unspecified atom stereocenters. The van der Waals surface area contributed by atoms with Crippen LogP contribution in [0.15, 0.2) is 46.9 Å². The lowest BCUT2D eigenvalue weighted by atomic mass is 10.0. The number of hydrogen-bond donors (Lipinski definition) is 1. The van der Waals surface area contributed by atoms with E-state index in [1.807, 2.05) is 37.3 Å². The summed E-state index contributed by atoms with van der Waals surface area (Å²) < 4.78 is 7.02. The van der Waals surface area contributed by atoms with Gasteiger partial charge in [0.25, 0.3) is 0 Å². The van der Waals surface area contributed by atoms with Crippen molar-refractivity contribution in [2.24, 2.45) is 5.73 Å². The van der Waals surface area contributed by atoms with Crippen LogP contribution in [0.4, 0.5) is 0 Å². The Hall–Kier alpha value is -1.32. The van der Waals surface area contributed by atoms with Crippen molar-refractivity contribution in [2.45, 2.75) is 32.7 Å². The van der Waals surface area contributed by atoms with Gasteiger partial charge in [-0.15, -0.1) is 0 Å². The number of nitrogens with two attached hydrogens (primary N) is 1. The smallest absolute Gasteiger partial charge is 0.133 e.